The summed E-state index contributed by atoms with van der Waals surface area (Å²) in [6, 6.07) is 3.67. The molecular weight excluding hydrogens is 344 g/mol. The number of nitrogens with zero attached hydrogens (tertiary/aromatic N) is 3. The number of aromatic amines is 1. The first-order valence-corrected chi connectivity index (χ1v) is 9.73. The van der Waals surface area contributed by atoms with E-state index in [-0.39, 0.29) is 30.0 Å². The van der Waals surface area contributed by atoms with Gasteiger partial charge in [-0.15, -0.1) is 0 Å². The van der Waals surface area contributed by atoms with Gasteiger partial charge in [0.15, 0.2) is 0 Å². The summed E-state index contributed by atoms with van der Waals surface area (Å²) in [5.74, 6) is 0.380. The Hall–Kier alpha value is -2.25. The Morgan fingerprint density at radius 2 is 2.15 bits per heavy atom. The average Bonchev–Trinajstić information content (AvgIpc) is 3.52. The molecule has 1 amide bonds. The third kappa shape index (κ3) is 3.75. The van der Waals surface area contributed by atoms with Gasteiger partial charge in [0, 0.05) is 43.9 Å². The van der Waals surface area contributed by atoms with E-state index in [0.29, 0.717) is 26.1 Å². The largest absolute Gasteiger partial charge is 0.394 e. The molecule has 27 heavy (non-hydrogen) atoms. The monoisotopic (exact) mass is 370 g/mol. The zero-order chi connectivity index (χ0) is 19.0. The number of hydrogen-bond acceptors (Lipinski definition) is 5. The Kier molecular flexibility index (Phi) is 4.97. The lowest BCUT2D eigenvalue weighted by atomic mass is 10.1. The van der Waals surface area contributed by atoms with Crippen molar-refractivity contribution in [1.82, 2.24) is 19.8 Å². The van der Waals surface area contributed by atoms with Gasteiger partial charge in [-0.3, -0.25) is 19.5 Å². The van der Waals surface area contributed by atoms with Gasteiger partial charge in [-0.1, -0.05) is 6.92 Å². The molecule has 1 atom stereocenters. The van der Waals surface area contributed by atoms with Crippen LogP contribution in [0, 0.1) is 5.92 Å². The second kappa shape index (κ2) is 7.40. The number of aliphatic hydroxyl groups is 1. The van der Waals surface area contributed by atoms with Crippen LogP contribution in [0.1, 0.15) is 30.9 Å². The summed E-state index contributed by atoms with van der Waals surface area (Å²) >= 11 is 0. The molecule has 3 heterocycles. The Morgan fingerprint density at radius 3 is 2.85 bits per heavy atom. The van der Waals surface area contributed by atoms with Crippen LogP contribution in [-0.4, -0.2) is 63.1 Å². The van der Waals surface area contributed by atoms with Crippen LogP contribution in [-0.2, 0) is 17.8 Å². The zero-order valence-corrected chi connectivity index (χ0v) is 15.6. The molecule has 1 aliphatic heterocycles. The van der Waals surface area contributed by atoms with Gasteiger partial charge in [-0.2, -0.15) is 0 Å². The molecule has 4 rings (SSSR count). The van der Waals surface area contributed by atoms with Crippen LogP contribution in [0.15, 0.2) is 23.1 Å². The van der Waals surface area contributed by atoms with Crippen molar-refractivity contribution in [3.05, 3.63) is 39.8 Å². The maximum atomic E-state index is 12.4. The molecule has 144 valence electrons. The maximum Gasteiger partial charge on any atom is 0.251 e. The number of H-pyrrole nitrogens is 1. The third-order valence-corrected chi connectivity index (χ3v) is 5.60. The highest BCUT2D eigenvalue weighted by molar-refractivity contribution is 5.81. The first-order chi connectivity index (χ1) is 13.1. The lowest BCUT2D eigenvalue weighted by Gasteiger charge is -2.41. The van der Waals surface area contributed by atoms with E-state index in [1.165, 1.54) is 0 Å². The van der Waals surface area contributed by atoms with Crippen LogP contribution < -0.4 is 5.56 Å². The van der Waals surface area contributed by atoms with Crippen LogP contribution >= 0.6 is 0 Å². The van der Waals surface area contributed by atoms with E-state index in [0.717, 1.165) is 41.5 Å². The van der Waals surface area contributed by atoms with Crippen molar-refractivity contribution in [1.29, 1.82) is 0 Å². The van der Waals surface area contributed by atoms with Crippen molar-refractivity contribution >= 4 is 16.9 Å². The topological polar surface area (TPSA) is 89.5 Å². The van der Waals surface area contributed by atoms with Crippen LogP contribution in [0.25, 0.3) is 11.0 Å². The van der Waals surface area contributed by atoms with Crippen molar-refractivity contribution in [2.45, 2.75) is 38.8 Å². The second-order valence-electron chi connectivity index (χ2n) is 7.63. The van der Waals surface area contributed by atoms with Gasteiger partial charge in [-0.25, -0.2) is 0 Å². The Balaban J connectivity index is 1.47. The highest BCUT2D eigenvalue weighted by Gasteiger charge is 2.38. The molecule has 0 bridgehead atoms. The smallest absolute Gasteiger partial charge is 0.251 e. The predicted molar refractivity (Wildman–Crippen MR) is 102 cm³/mol. The molecule has 7 nitrogen and oxygen atoms in total. The summed E-state index contributed by atoms with van der Waals surface area (Å²) in [4.78, 5) is 35.9. The number of nitrogens with one attached hydrogen (secondary N) is 1. The van der Waals surface area contributed by atoms with Crippen molar-refractivity contribution < 1.29 is 9.90 Å². The highest BCUT2D eigenvalue weighted by atomic mass is 16.3. The molecule has 2 aliphatic rings. The quantitative estimate of drug-likeness (QED) is 0.816. The summed E-state index contributed by atoms with van der Waals surface area (Å²) in [5, 5.41) is 9.74. The fraction of sp³-hybridized carbons (Fsp3) is 0.550. The van der Waals surface area contributed by atoms with Gasteiger partial charge in [0.1, 0.15) is 0 Å². The normalized spacial score (nSPS) is 21.0. The predicted octanol–water partition coefficient (Wildman–Crippen LogP) is 0.901. The number of aliphatic hydroxyl groups excluding tert-OH is 1. The van der Waals surface area contributed by atoms with Gasteiger partial charge in [0.05, 0.1) is 23.7 Å². The second-order valence-corrected chi connectivity index (χ2v) is 7.63. The number of piperazine rings is 1. The first kappa shape index (κ1) is 18.1. The number of amides is 1. The fourth-order valence-corrected chi connectivity index (χ4v) is 3.85. The van der Waals surface area contributed by atoms with Gasteiger partial charge in [0.25, 0.3) is 5.56 Å². The number of hydrogen-bond donors (Lipinski definition) is 2. The number of aromatic nitrogens is 2. The molecule has 2 fully saturated rings. The van der Waals surface area contributed by atoms with E-state index >= 15 is 0 Å². The molecule has 2 aromatic heterocycles. The Bertz CT molecular complexity index is 906. The van der Waals surface area contributed by atoms with Crippen LogP contribution in [0.3, 0.4) is 0 Å². The summed E-state index contributed by atoms with van der Waals surface area (Å²) in [6.45, 7) is 4.70. The Morgan fingerprint density at radius 1 is 1.33 bits per heavy atom. The molecule has 0 spiro atoms. The van der Waals surface area contributed by atoms with Crippen LogP contribution in [0.5, 0.6) is 0 Å². The SMILES string of the molecule is CCc1cc2ncc(CN3CCN(C(=O)C4CC4)C(CO)C3)cc2[nH]c1=O. The van der Waals surface area contributed by atoms with Crippen molar-refractivity contribution in [2.24, 2.45) is 5.92 Å². The molecule has 1 saturated carbocycles. The maximum absolute atomic E-state index is 12.4. The summed E-state index contributed by atoms with van der Waals surface area (Å²) in [7, 11) is 0. The number of aryl methyl sites for hydroxylation is 1. The average molecular weight is 370 g/mol. The lowest BCUT2D eigenvalue weighted by molar-refractivity contribution is -0.138. The molecule has 0 aromatic carbocycles. The number of pyridine rings is 2. The van der Waals surface area contributed by atoms with Crippen molar-refractivity contribution in [3.8, 4) is 0 Å². The molecule has 1 unspecified atom stereocenters. The lowest BCUT2D eigenvalue weighted by Crippen LogP contribution is -2.56. The van der Waals surface area contributed by atoms with Gasteiger partial charge in [0.2, 0.25) is 5.91 Å². The first-order valence-electron chi connectivity index (χ1n) is 9.73. The molecule has 2 N–H and O–H groups in total. The number of carbonyl (C=O) groups excluding carboxylic acids is 1. The number of fused-ring (bicyclic) bond motifs is 1. The van der Waals surface area contributed by atoms with E-state index in [1.807, 2.05) is 30.2 Å². The summed E-state index contributed by atoms with van der Waals surface area (Å²) in [6.07, 6.45) is 4.49. The van der Waals surface area contributed by atoms with Gasteiger partial charge >= 0.3 is 0 Å². The summed E-state index contributed by atoms with van der Waals surface area (Å²) in [5.41, 5.74) is 3.24. The minimum absolute atomic E-state index is 0.0158. The molecule has 2 aromatic rings. The highest BCUT2D eigenvalue weighted by Crippen LogP contribution is 2.32. The van der Waals surface area contributed by atoms with E-state index in [4.69, 9.17) is 0 Å². The van der Waals surface area contributed by atoms with Gasteiger partial charge < -0.3 is 15.0 Å². The fourth-order valence-electron chi connectivity index (χ4n) is 3.85. The van der Waals surface area contributed by atoms with E-state index in [1.54, 1.807) is 0 Å². The van der Waals surface area contributed by atoms with Crippen LogP contribution in [0.2, 0.25) is 0 Å². The molecule has 7 heteroatoms. The molecular formula is C20H26N4O3. The molecule has 0 radical (unpaired) electrons. The standard InChI is InChI=1S/C20H26N4O3/c1-2-14-8-17-18(22-19(14)26)7-13(9-21-17)10-23-5-6-24(16(11-23)12-25)20(27)15-3-4-15/h7-9,15-16,25H,2-6,10-12H2,1H3,(H,22,26). The Labute approximate surface area is 158 Å². The minimum Gasteiger partial charge on any atom is -0.394 e. The molecule has 1 saturated heterocycles. The van der Waals surface area contributed by atoms with E-state index < -0.39 is 0 Å². The third-order valence-electron chi connectivity index (χ3n) is 5.60. The van der Waals surface area contributed by atoms with E-state index in [2.05, 4.69) is 14.9 Å². The van der Waals surface area contributed by atoms with E-state index in [9.17, 15) is 14.7 Å². The minimum atomic E-state index is -0.146. The molecule has 1 aliphatic carbocycles. The van der Waals surface area contributed by atoms with Crippen molar-refractivity contribution in [3.63, 3.8) is 0 Å². The number of rotatable bonds is 5. The van der Waals surface area contributed by atoms with Crippen molar-refractivity contribution in [2.75, 3.05) is 26.2 Å². The number of carbonyl (C=O) groups is 1. The van der Waals surface area contributed by atoms with Gasteiger partial charge in [-0.05, 0) is 37.0 Å². The summed E-state index contributed by atoms with van der Waals surface area (Å²) < 4.78 is 0. The van der Waals surface area contributed by atoms with Crippen LogP contribution in [0.4, 0.5) is 0 Å². The zero-order valence-electron chi connectivity index (χ0n) is 15.6.